The van der Waals surface area contributed by atoms with E-state index in [-0.39, 0.29) is 29.7 Å². The van der Waals surface area contributed by atoms with E-state index in [1.54, 1.807) is 0 Å². The molecular weight excluding hydrogens is 544 g/mol. The number of para-hydroxylation sites is 1. The molecule has 0 radical (unpaired) electrons. The van der Waals surface area contributed by atoms with Crippen molar-refractivity contribution in [1.29, 1.82) is 0 Å². The first-order chi connectivity index (χ1) is 24.4. The van der Waals surface area contributed by atoms with E-state index in [0.29, 0.717) is 5.56 Å². The Morgan fingerprint density at radius 1 is 0.333 bits per heavy atom. The molecule has 0 aliphatic heterocycles. The topological polar surface area (TPSA) is 13.1 Å². The first kappa shape index (κ1) is 20.9. The van der Waals surface area contributed by atoms with Crippen molar-refractivity contribution in [3.63, 3.8) is 0 Å². The van der Waals surface area contributed by atoms with Gasteiger partial charge in [-0.3, -0.25) is 0 Å². The van der Waals surface area contributed by atoms with E-state index in [1.807, 2.05) is 54.6 Å². The molecule has 0 unspecified atom stereocenters. The number of hydrogen-bond donors (Lipinski definition) is 0. The summed E-state index contributed by atoms with van der Waals surface area (Å²) in [5, 5.41) is 6.52. The van der Waals surface area contributed by atoms with Crippen LogP contribution in [0, 0.1) is 0 Å². The van der Waals surface area contributed by atoms with Gasteiger partial charge in [0.15, 0.2) is 0 Å². The fourth-order valence-electron chi connectivity index (χ4n) is 6.73. The third kappa shape index (κ3) is 4.24. The Kier molecular flexibility index (Phi) is 4.81. The molecule has 9 aromatic rings. The molecule has 0 spiro atoms. The lowest BCUT2D eigenvalue weighted by Crippen LogP contribution is -1.91. The Hall–Kier alpha value is -5.92. The average molecular weight is 578 g/mol. The number of fused-ring (bicyclic) bond motifs is 5. The first-order valence-electron chi connectivity index (χ1n) is 17.5. The fraction of sp³-hybridized carbons (Fsp3) is 0. The van der Waals surface area contributed by atoms with Gasteiger partial charge in [0.05, 0.1) is 6.85 Å². The average Bonchev–Trinajstić information content (AvgIpc) is 3.53. The predicted molar refractivity (Wildman–Crippen MR) is 190 cm³/mol. The largest absolute Gasteiger partial charge is 0.456 e. The molecule has 45 heavy (non-hydrogen) atoms. The lowest BCUT2D eigenvalue weighted by Gasteiger charge is -2.18. The molecule has 1 heterocycles. The van der Waals surface area contributed by atoms with Crippen molar-refractivity contribution in [3.8, 4) is 44.5 Å². The van der Waals surface area contributed by atoms with Crippen LogP contribution in [0.2, 0.25) is 0 Å². The van der Waals surface area contributed by atoms with Gasteiger partial charge in [0, 0.05) is 10.8 Å². The van der Waals surface area contributed by atoms with Crippen molar-refractivity contribution in [2.24, 2.45) is 0 Å². The van der Waals surface area contributed by atoms with E-state index in [2.05, 4.69) is 84.9 Å². The van der Waals surface area contributed by atoms with Crippen LogP contribution in [0.4, 0.5) is 0 Å². The van der Waals surface area contributed by atoms with Crippen molar-refractivity contribution in [1.82, 2.24) is 0 Å². The van der Waals surface area contributed by atoms with E-state index < -0.39 is 6.04 Å². The summed E-state index contributed by atoms with van der Waals surface area (Å²) >= 11 is 0. The Balaban J connectivity index is 1.25. The molecule has 0 amide bonds. The maximum Gasteiger partial charge on any atom is 0.135 e. The highest BCUT2D eigenvalue weighted by Gasteiger charge is 2.17. The smallest absolute Gasteiger partial charge is 0.135 e. The van der Waals surface area contributed by atoms with Crippen LogP contribution in [0.1, 0.15) is 6.85 Å². The van der Waals surface area contributed by atoms with E-state index in [0.717, 1.165) is 76.9 Å². The monoisotopic (exact) mass is 577 g/mol. The van der Waals surface area contributed by atoms with Gasteiger partial charge in [-0.1, -0.05) is 139 Å². The molecule has 1 aromatic heterocycles. The summed E-state index contributed by atoms with van der Waals surface area (Å²) < 4.78 is 47.8. The molecule has 210 valence electrons. The van der Waals surface area contributed by atoms with Crippen molar-refractivity contribution in [2.75, 3.05) is 0 Å². The molecule has 0 fully saturated rings. The van der Waals surface area contributed by atoms with Gasteiger partial charge in [0.25, 0.3) is 0 Å². The number of hydrogen-bond acceptors (Lipinski definition) is 1. The standard InChI is InChI=1S/C44H28O/c1-2-12-29(13-3-1)30-14-10-16-33(26-30)43-36-19-4-6-21-38(36)44(39-22-7-5-20-37(39)43)34-17-11-15-31(27-34)32-24-25-42-40(28-32)35-18-8-9-23-41(35)45-42/h1-28H/i1D,2D,3D,12D,13D. The Bertz CT molecular complexity index is 2750. The summed E-state index contributed by atoms with van der Waals surface area (Å²) in [7, 11) is 0. The minimum atomic E-state index is -0.396. The Labute approximate surface area is 268 Å². The maximum atomic E-state index is 8.60. The summed E-state index contributed by atoms with van der Waals surface area (Å²) in [6.45, 7) is 0. The fourth-order valence-corrected chi connectivity index (χ4v) is 6.73. The van der Waals surface area contributed by atoms with Crippen molar-refractivity contribution in [2.45, 2.75) is 0 Å². The number of benzene rings is 8. The van der Waals surface area contributed by atoms with E-state index in [9.17, 15) is 0 Å². The molecule has 0 saturated carbocycles. The Morgan fingerprint density at radius 2 is 0.800 bits per heavy atom. The molecule has 0 saturated heterocycles. The summed E-state index contributed by atoms with van der Waals surface area (Å²) in [4.78, 5) is 0. The predicted octanol–water partition coefficient (Wildman–Crippen LogP) is 12.6. The van der Waals surface area contributed by atoms with Gasteiger partial charge >= 0.3 is 0 Å². The van der Waals surface area contributed by atoms with Gasteiger partial charge in [-0.2, -0.15) is 0 Å². The van der Waals surface area contributed by atoms with Gasteiger partial charge < -0.3 is 4.42 Å². The maximum absolute atomic E-state index is 8.60. The molecule has 0 aliphatic carbocycles. The summed E-state index contributed by atoms with van der Waals surface area (Å²) in [6, 6.07) is 46.2. The van der Waals surface area contributed by atoms with Crippen molar-refractivity contribution >= 4 is 43.5 Å². The van der Waals surface area contributed by atoms with Crippen molar-refractivity contribution in [3.05, 3.63) is 170 Å². The molecule has 0 N–H and O–H groups in total. The third-order valence-electron chi connectivity index (χ3n) is 8.73. The van der Waals surface area contributed by atoms with Crippen molar-refractivity contribution < 1.29 is 11.3 Å². The molecule has 1 nitrogen and oxygen atoms in total. The van der Waals surface area contributed by atoms with Gasteiger partial charge in [0.1, 0.15) is 11.2 Å². The van der Waals surface area contributed by atoms with Crippen LogP contribution in [0.25, 0.3) is 88.0 Å². The van der Waals surface area contributed by atoms with Crippen LogP contribution in [-0.4, -0.2) is 0 Å². The molecule has 0 aliphatic rings. The SMILES string of the molecule is [2H]c1c([2H])c([2H])c(-c2cccc(-c3c4ccccc4c(-c4cccc(-c5ccc6oc7ccccc7c6c5)c4)c4ccccc34)c2)c([2H])c1[2H]. The normalized spacial score (nSPS) is 13.1. The summed E-state index contributed by atoms with van der Waals surface area (Å²) in [6.07, 6.45) is 0. The third-order valence-corrected chi connectivity index (χ3v) is 8.73. The lowest BCUT2D eigenvalue weighted by molar-refractivity contribution is 0.669. The van der Waals surface area contributed by atoms with E-state index in [1.165, 1.54) is 0 Å². The van der Waals surface area contributed by atoms with E-state index in [4.69, 9.17) is 11.3 Å². The van der Waals surface area contributed by atoms with Gasteiger partial charge in [0.2, 0.25) is 0 Å². The van der Waals surface area contributed by atoms with E-state index >= 15 is 0 Å². The van der Waals surface area contributed by atoms with Gasteiger partial charge in [-0.05, 0) is 96.4 Å². The molecule has 9 rings (SSSR count). The van der Waals surface area contributed by atoms with Gasteiger partial charge in [-0.15, -0.1) is 0 Å². The van der Waals surface area contributed by atoms with Crippen LogP contribution in [0.3, 0.4) is 0 Å². The van der Waals surface area contributed by atoms with Crippen LogP contribution >= 0.6 is 0 Å². The van der Waals surface area contributed by atoms with Crippen LogP contribution in [0.15, 0.2) is 174 Å². The quantitative estimate of drug-likeness (QED) is 0.190. The summed E-state index contributed by atoms with van der Waals surface area (Å²) in [5.41, 5.74) is 8.92. The summed E-state index contributed by atoms with van der Waals surface area (Å²) in [5.74, 6) is 0. The minimum Gasteiger partial charge on any atom is -0.456 e. The van der Waals surface area contributed by atoms with Crippen LogP contribution in [0.5, 0.6) is 0 Å². The molecular formula is C44H28O. The zero-order valence-corrected chi connectivity index (χ0v) is 24.2. The second kappa shape index (κ2) is 10.4. The highest BCUT2D eigenvalue weighted by molar-refractivity contribution is 6.21. The zero-order chi connectivity index (χ0) is 34.1. The second-order valence-corrected chi connectivity index (χ2v) is 11.3. The number of rotatable bonds is 4. The molecule has 0 atom stereocenters. The Morgan fingerprint density at radius 3 is 1.40 bits per heavy atom. The highest BCUT2D eigenvalue weighted by atomic mass is 16.3. The second-order valence-electron chi connectivity index (χ2n) is 11.3. The van der Waals surface area contributed by atoms with Crippen LogP contribution < -0.4 is 0 Å². The minimum absolute atomic E-state index is 0.196. The number of furan rings is 1. The van der Waals surface area contributed by atoms with Gasteiger partial charge in [-0.25, -0.2) is 0 Å². The lowest BCUT2D eigenvalue weighted by atomic mass is 9.85. The molecule has 0 bridgehead atoms. The first-order valence-corrected chi connectivity index (χ1v) is 15.0. The van der Waals surface area contributed by atoms with Crippen LogP contribution in [-0.2, 0) is 0 Å². The molecule has 1 heteroatoms. The molecule has 8 aromatic carbocycles. The zero-order valence-electron chi connectivity index (χ0n) is 29.2. The highest BCUT2D eigenvalue weighted by Crippen LogP contribution is 2.45.